The van der Waals surface area contributed by atoms with E-state index in [1.165, 1.54) is 11.1 Å². The Morgan fingerprint density at radius 3 is 2.43 bits per heavy atom. The summed E-state index contributed by atoms with van der Waals surface area (Å²) in [6, 6.07) is 9.02. The van der Waals surface area contributed by atoms with E-state index in [0.29, 0.717) is 0 Å². The van der Waals surface area contributed by atoms with Crippen LogP contribution in [0.25, 0.3) is 0 Å². The van der Waals surface area contributed by atoms with Crippen LogP contribution in [0.4, 0.5) is 0 Å². The zero-order chi connectivity index (χ0) is 20.5. The first-order valence-corrected chi connectivity index (χ1v) is 10.5. The van der Waals surface area contributed by atoms with Crippen LogP contribution < -0.4 is 10.6 Å². The number of carbonyl (C=O) groups is 1. The first-order chi connectivity index (χ1) is 13.5. The highest BCUT2D eigenvalue weighted by atomic mass is 16.2. The molecule has 1 saturated heterocycles. The lowest BCUT2D eigenvalue weighted by Crippen LogP contribution is -2.45. The molecule has 1 amide bonds. The van der Waals surface area contributed by atoms with Crippen LogP contribution in [0.3, 0.4) is 0 Å². The maximum Gasteiger partial charge on any atom is 0.225 e. The van der Waals surface area contributed by atoms with Crippen molar-refractivity contribution < 1.29 is 4.79 Å². The van der Waals surface area contributed by atoms with E-state index in [2.05, 4.69) is 58.6 Å². The van der Waals surface area contributed by atoms with Crippen LogP contribution in [-0.2, 0) is 17.9 Å². The number of nitrogens with one attached hydrogen (secondary N) is 2. The molecule has 1 fully saturated rings. The normalized spacial score (nSPS) is 17.5. The third-order valence-corrected chi connectivity index (χ3v) is 5.34. The fraction of sp³-hybridized carbons (Fsp3) is 0.636. The first-order valence-electron chi connectivity index (χ1n) is 10.5. The molecule has 1 atom stereocenters. The number of hydrogen-bond donors (Lipinski definition) is 2. The van der Waals surface area contributed by atoms with Crippen molar-refractivity contribution in [1.29, 1.82) is 0 Å². The van der Waals surface area contributed by atoms with Gasteiger partial charge in [-0.05, 0) is 30.6 Å². The zero-order valence-corrected chi connectivity index (χ0v) is 18.2. The van der Waals surface area contributed by atoms with Crippen molar-refractivity contribution in [3.05, 3.63) is 35.4 Å². The van der Waals surface area contributed by atoms with Crippen LogP contribution in [0.1, 0.15) is 45.2 Å². The van der Waals surface area contributed by atoms with Crippen molar-refractivity contribution >= 4 is 11.9 Å². The quantitative estimate of drug-likeness (QED) is 0.531. The van der Waals surface area contributed by atoms with Crippen molar-refractivity contribution in [2.75, 3.05) is 33.2 Å². The van der Waals surface area contributed by atoms with Crippen molar-refractivity contribution in [3.63, 3.8) is 0 Å². The molecule has 1 aliphatic rings. The number of hydrogen-bond acceptors (Lipinski definition) is 3. The van der Waals surface area contributed by atoms with Crippen molar-refractivity contribution in [1.82, 2.24) is 20.4 Å². The van der Waals surface area contributed by atoms with E-state index in [9.17, 15) is 4.79 Å². The fourth-order valence-corrected chi connectivity index (χ4v) is 3.49. The van der Waals surface area contributed by atoms with Gasteiger partial charge in [0.25, 0.3) is 0 Å². The third kappa shape index (κ3) is 6.51. The summed E-state index contributed by atoms with van der Waals surface area (Å²) in [4.78, 5) is 20.8. The maximum atomic E-state index is 12.1. The minimum absolute atomic E-state index is 0.0564. The Morgan fingerprint density at radius 1 is 1.21 bits per heavy atom. The largest absolute Gasteiger partial charge is 0.352 e. The first kappa shape index (κ1) is 22.2. The molecule has 1 aromatic carbocycles. The molecule has 0 spiro atoms. The molecule has 6 heteroatoms. The van der Waals surface area contributed by atoms with E-state index in [1.54, 1.807) is 7.05 Å². The minimum Gasteiger partial charge on any atom is -0.352 e. The monoisotopic (exact) mass is 387 g/mol. The van der Waals surface area contributed by atoms with Gasteiger partial charge in [-0.25, -0.2) is 0 Å². The van der Waals surface area contributed by atoms with Gasteiger partial charge in [0.2, 0.25) is 5.91 Å². The average Bonchev–Trinajstić information content (AvgIpc) is 3.17. The number of guanidine groups is 1. The van der Waals surface area contributed by atoms with Gasteiger partial charge in [0.1, 0.15) is 0 Å². The summed E-state index contributed by atoms with van der Waals surface area (Å²) in [5.74, 6) is 1.08. The molecule has 0 bridgehead atoms. The average molecular weight is 388 g/mol. The van der Waals surface area contributed by atoms with E-state index in [1.807, 2.05) is 18.7 Å². The lowest BCUT2D eigenvalue weighted by atomic mass is 10.1. The van der Waals surface area contributed by atoms with Gasteiger partial charge in [-0.1, -0.05) is 52.0 Å². The predicted molar refractivity (Wildman–Crippen MR) is 116 cm³/mol. The molecule has 2 rings (SSSR count). The Kier molecular flexibility index (Phi) is 8.77. The molecule has 156 valence electrons. The van der Waals surface area contributed by atoms with Crippen LogP contribution in [-0.4, -0.2) is 60.9 Å². The number of rotatable bonds is 8. The summed E-state index contributed by atoms with van der Waals surface area (Å²) < 4.78 is 0. The summed E-state index contributed by atoms with van der Waals surface area (Å²) in [7, 11) is 1.79. The molecular weight excluding hydrogens is 350 g/mol. The lowest BCUT2D eigenvalue weighted by molar-refractivity contribution is -0.133. The number of carbonyl (C=O) groups excluding carboxylic acids is 1. The van der Waals surface area contributed by atoms with E-state index in [-0.39, 0.29) is 17.9 Å². The molecule has 6 nitrogen and oxygen atoms in total. The Balaban J connectivity index is 1.80. The molecule has 1 aliphatic heterocycles. The highest BCUT2D eigenvalue weighted by Crippen LogP contribution is 2.13. The SMILES string of the molecule is CCN(CC)Cc1ccc(CNC(=NC)NC2CCN(C(=O)C(C)C)C2)cc1. The van der Waals surface area contributed by atoms with Gasteiger partial charge in [0.05, 0.1) is 0 Å². The molecule has 0 aliphatic carbocycles. The summed E-state index contributed by atoms with van der Waals surface area (Å²) in [5, 5.41) is 6.84. The Labute approximate surface area is 170 Å². The highest BCUT2D eigenvalue weighted by molar-refractivity contribution is 5.81. The second kappa shape index (κ2) is 11.1. The third-order valence-electron chi connectivity index (χ3n) is 5.34. The van der Waals surface area contributed by atoms with E-state index < -0.39 is 0 Å². The number of amides is 1. The smallest absolute Gasteiger partial charge is 0.225 e. The molecule has 0 aromatic heterocycles. The fourth-order valence-electron chi connectivity index (χ4n) is 3.49. The van der Waals surface area contributed by atoms with Crippen molar-refractivity contribution in [2.45, 2.75) is 53.2 Å². The van der Waals surface area contributed by atoms with E-state index in [4.69, 9.17) is 0 Å². The van der Waals surface area contributed by atoms with Gasteiger partial charge in [-0.2, -0.15) is 0 Å². The Hall–Kier alpha value is -2.08. The van der Waals surface area contributed by atoms with Gasteiger partial charge in [0.15, 0.2) is 5.96 Å². The lowest BCUT2D eigenvalue weighted by Gasteiger charge is -2.20. The van der Waals surface area contributed by atoms with Crippen molar-refractivity contribution in [2.24, 2.45) is 10.9 Å². The number of benzene rings is 1. The standard InChI is InChI=1S/C22H37N5O/c1-6-26(7-2)15-19-10-8-18(9-11-19)14-24-22(23-5)25-20-12-13-27(16-20)21(28)17(3)4/h8-11,17,20H,6-7,12-16H2,1-5H3,(H2,23,24,25). The molecule has 1 heterocycles. The Bertz CT molecular complexity index is 637. The van der Waals surface area contributed by atoms with Crippen LogP contribution in [0.15, 0.2) is 29.3 Å². The molecule has 2 N–H and O–H groups in total. The van der Waals surface area contributed by atoms with Gasteiger partial charge >= 0.3 is 0 Å². The summed E-state index contributed by atoms with van der Waals surface area (Å²) in [6.07, 6.45) is 0.958. The van der Waals surface area contributed by atoms with Gasteiger partial charge in [-0.3, -0.25) is 14.7 Å². The second-order valence-electron chi connectivity index (χ2n) is 7.77. The molecule has 1 unspecified atom stereocenters. The number of likely N-dealkylation sites (tertiary alicyclic amines) is 1. The van der Waals surface area contributed by atoms with Crippen LogP contribution in [0.5, 0.6) is 0 Å². The van der Waals surface area contributed by atoms with Crippen LogP contribution in [0.2, 0.25) is 0 Å². The van der Waals surface area contributed by atoms with E-state index >= 15 is 0 Å². The highest BCUT2D eigenvalue weighted by Gasteiger charge is 2.27. The molecule has 28 heavy (non-hydrogen) atoms. The van der Waals surface area contributed by atoms with Crippen LogP contribution in [0, 0.1) is 5.92 Å². The molecular formula is C22H37N5O. The molecule has 0 radical (unpaired) electrons. The maximum absolute atomic E-state index is 12.1. The van der Waals surface area contributed by atoms with E-state index in [0.717, 1.165) is 51.6 Å². The molecule has 1 aromatic rings. The second-order valence-corrected chi connectivity index (χ2v) is 7.77. The summed E-state index contributed by atoms with van der Waals surface area (Å²) in [6.45, 7) is 13.7. The summed E-state index contributed by atoms with van der Waals surface area (Å²) in [5.41, 5.74) is 2.57. The predicted octanol–water partition coefficient (Wildman–Crippen LogP) is 2.45. The Morgan fingerprint density at radius 2 is 1.86 bits per heavy atom. The topological polar surface area (TPSA) is 60.0 Å². The number of aliphatic imine (C=N–C) groups is 1. The van der Waals surface area contributed by atoms with Gasteiger partial charge in [0, 0.05) is 45.2 Å². The zero-order valence-electron chi connectivity index (χ0n) is 18.2. The van der Waals surface area contributed by atoms with Gasteiger partial charge in [-0.15, -0.1) is 0 Å². The summed E-state index contributed by atoms with van der Waals surface area (Å²) >= 11 is 0. The number of nitrogens with zero attached hydrogens (tertiary/aromatic N) is 3. The van der Waals surface area contributed by atoms with Crippen LogP contribution >= 0.6 is 0 Å². The minimum atomic E-state index is 0.0564. The molecule has 0 saturated carbocycles. The van der Waals surface area contributed by atoms with Gasteiger partial charge < -0.3 is 15.5 Å². The van der Waals surface area contributed by atoms with Crippen molar-refractivity contribution in [3.8, 4) is 0 Å².